The van der Waals surface area contributed by atoms with E-state index in [9.17, 15) is 9.59 Å². The third-order valence-electron chi connectivity index (χ3n) is 5.27. The number of pyridine rings is 1. The summed E-state index contributed by atoms with van der Waals surface area (Å²) in [5.74, 6) is -0.929. The highest BCUT2D eigenvalue weighted by molar-refractivity contribution is 5.99. The van der Waals surface area contributed by atoms with Crippen LogP contribution in [-0.4, -0.2) is 30.6 Å². The van der Waals surface area contributed by atoms with E-state index in [1.54, 1.807) is 7.11 Å². The van der Waals surface area contributed by atoms with Gasteiger partial charge in [-0.05, 0) is 37.5 Å². The van der Waals surface area contributed by atoms with Crippen molar-refractivity contribution in [1.82, 2.24) is 10.3 Å². The molecule has 0 spiro atoms. The van der Waals surface area contributed by atoms with Crippen molar-refractivity contribution in [1.29, 1.82) is 0 Å². The number of benzene rings is 2. The number of carbonyl (C=O) groups is 2. The number of nitrogens with one attached hydrogen (secondary N) is 1. The third kappa shape index (κ3) is 5.27. The molecule has 0 saturated carbocycles. The van der Waals surface area contributed by atoms with Gasteiger partial charge in [0.25, 0.3) is 5.91 Å². The van der Waals surface area contributed by atoms with E-state index in [-0.39, 0.29) is 25.2 Å². The molecule has 1 atom stereocenters. The molecule has 1 heterocycles. The Morgan fingerprint density at radius 3 is 2.45 bits per heavy atom. The maximum absolute atomic E-state index is 12.9. The number of hydrogen-bond acceptors (Lipinski definition) is 5. The summed E-state index contributed by atoms with van der Waals surface area (Å²) < 4.78 is 10.6. The van der Waals surface area contributed by atoms with Gasteiger partial charge in [-0.1, -0.05) is 55.0 Å². The number of hydrogen-bond donors (Lipinski definition) is 1. The molecule has 0 aliphatic heterocycles. The smallest absolute Gasteiger partial charge is 0.340 e. The fraction of sp³-hybridized carbons (Fsp3) is 0.320. The Balaban J connectivity index is 1.73. The summed E-state index contributed by atoms with van der Waals surface area (Å²) in [6.07, 6.45) is 0.731. The number of aryl methyl sites for hydroxylation is 2. The Morgan fingerprint density at radius 2 is 1.77 bits per heavy atom. The first-order valence-corrected chi connectivity index (χ1v) is 10.3. The Kier molecular flexibility index (Phi) is 7.36. The van der Waals surface area contributed by atoms with Gasteiger partial charge >= 0.3 is 5.97 Å². The highest BCUT2D eigenvalue weighted by Crippen LogP contribution is 2.24. The summed E-state index contributed by atoms with van der Waals surface area (Å²) in [7, 11) is 1.55. The molecule has 1 aromatic heterocycles. The molecule has 0 saturated heterocycles. The number of amides is 1. The van der Waals surface area contributed by atoms with Crippen LogP contribution in [0.25, 0.3) is 10.9 Å². The topological polar surface area (TPSA) is 77.5 Å². The summed E-state index contributed by atoms with van der Waals surface area (Å²) in [5, 5.41) is 3.80. The molecule has 3 rings (SSSR count). The van der Waals surface area contributed by atoms with E-state index in [0.29, 0.717) is 11.3 Å². The molecular formula is C25H28N2O4. The second kappa shape index (κ2) is 10.2. The molecule has 1 amide bonds. The zero-order chi connectivity index (χ0) is 22.4. The average Bonchev–Trinajstić information content (AvgIpc) is 2.77. The molecule has 0 fully saturated rings. The first kappa shape index (κ1) is 22.4. The van der Waals surface area contributed by atoms with Gasteiger partial charge in [0.05, 0.1) is 29.4 Å². The average molecular weight is 421 g/mol. The molecule has 162 valence electrons. The lowest BCUT2D eigenvalue weighted by atomic mass is 10.0. The van der Waals surface area contributed by atoms with Crippen LogP contribution in [0.5, 0.6) is 0 Å². The van der Waals surface area contributed by atoms with E-state index in [1.165, 1.54) is 0 Å². The number of rotatable bonds is 8. The minimum absolute atomic E-state index is 0.139. The van der Waals surface area contributed by atoms with Crippen molar-refractivity contribution in [2.24, 2.45) is 0 Å². The molecule has 0 radical (unpaired) electrons. The van der Waals surface area contributed by atoms with E-state index in [2.05, 4.69) is 10.3 Å². The normalized spacial score (nSPS) is 11.9. The fourth-order valence-electron chi connectivity index (χ4n) is 3.61. The van der Waals surface area contributed by atoms with Gasteiger partial charge in [-0.2, -0.15) is 0 Å². The number of nitrogens with zero attached hydrogens (tertiary/aromatic N) is 1. The van der Waals surface area contributed by atoms with Crippen molar-refractivity contribution in [2.75, 3.05) is 13.7 Å². The van der Waals surface area contributed by atoms with Gasteiger partial charge in [-0.25, -0.2) is 9.78 Å². The molecule has 6 nitrogen and oxygen atoms in total. The molecule has 0 aliphatic rings. The molecule has 3 aromatic rings. The number of fused-ring (bicyclic) bond motifs is 1. The highest BCUT2D eigenvalue weighted by atomic mass is 16.5. The predicted molar refractivity (Wildman–Crippen MR) is 120 cm³/mol. The predicted octanol–water partition coefficient (Wildman–Crippen LogP) is 4.42. The van der Waals surface area contributed by atoms with Crippen molar-refractivity contribution < 1.29 is 19.1 Å². The van der Waals surface area contributed by atoms with Crippen LogP contribution in [0.15, 0.2) is 48.5 Å². The summed E-state index contributed by atoms with van der Waals surface area (Å²) in [6, 6.07) is 15.5. The van der Waals surface area contributed by atoms with Crippen molar-refractivity contribution in [3.05, 3.63) is 76.5 Å². The quantitative estimate of drug-likeness (QED) is 0.546. The van der Waals surface area contributed by atoms with Crippen LogP contribution >= 0.6 is 0 Å². The van der Waals surface area contributed by atoms with E-state index < -0.39 is 5.97 Å². The Labute approximate surface area is 182 Å². The van der Waals surface area contributed by atoms with Gasteiger partial charge < -0.3 is 14.8 Å². The maximum Gasteiger partial charge on any atom is 0.340 e. The summed E-state index contributed by atoms with van der Waals surface area (Å²) in [5.41, 5.74) is 4.56. The first-order valence-electron chi connectivity index (χ1n) is 10.3. The van der Waals surface area contributed by atoms with Crippen LogP contribution in [0.4, 0.5) is 0 Å². The van der Waals surface area contributed by atoms with Crippen molar-refractivity contribution in [3.8, 4) is 0 Å². The zero-order valence-electron chi connectivity index (χ0n) is 18.4. The lowest BCUT2D eigenvalue weighted by molar-refractivity contribution is -0.125. The summed E-state index contributed by atoms with van der Waals surface area (Å²) >= 11 is 0. The van der Waals surface area contributed by atoms with Crippen LogP contribution in [0.3, 0.4) is 0 Å². The molecule has 0 unspecified atom stereocenters. The summed E-state index contributed by atoms with van der Waals surface area (Å²) in [4.78, 5) is 29.9. The van der Waals surface area contributed by atoms with Gasteiger partial charge in [0.1, 0.15) is 0 Å². The monoisotopic (exact) mass is 420 g/mol. The molecule has 6 heteroatoms. The van der Waals surface area contributed by atoms with E-state index in [4.69, 9.17) is 9.47 Å². The van der Waals surface area contributed by atoms with Gasteiger partial charge in [0.15, 0.2) is 6.61 Å². The number of esters is 1. The fourth-order valence-corrected chi connectivity index (χ4v) is 3.61. The molecule has 31 heavy (non-hydrogen) atoms. The van der Waals surface area contributed by atoms with Gasteiger partial charge in [-0.3, -0.25) is 4.79 Å². The summed E-state index contributed by atoms with van der Waals surface area (Å²) in [6.45, 7) is 5.68. The van der Waals surface area contributed by atoms with Crippen LogP contribution in [0, 0.1) is 13.8 Å². The number of carbonyl (C=O) groups excluding carboxylic acids is 2. The molecule has 0 bridgehead atoms. The van der Waals surface area contributed by atoms with E-state index >= 15 is 0 Å². The Bertz CT molecular complexity index is 1080. The third-order valence-corrected chi connectivity index (χ3v) is 5.27. The van der Waals surface area contributed by atoms with Gasteiger partial charge in [-0.15, -0.1) is 0 Å². The standard InChI is InChI=1S/C25H28N2O4/c1-5-20(18-12-10-16(2)11-13-18)27-23(28)15-31-25(29)24-17(3)19-8-6-7-9-21(19)26-22(24)14-30-4/h6-13,20H,5,14-15H2,1-4H3,(H,27,28)/t20-/m0/s1. The highest BCUT2D eigenvalue weighted by Gasteiger charge is 2.21. The van der Waals surface area contributed by atoms with Crippen LogP contribution in [0.2, 0.25) is 0 Å². The Morgan fingerprint density at radius 1 is 1.06 bits per heavy atom. The first-order chi connectivity index (χ1) is 14.9. The largest absolute Gasteiger partial charge is 0.452 e. The lowest BCUT2D eigenvalue weighted by Crippen LogP contribution is -2.32. The van der Waals surface area contributed by atoms with Crippen LogP contribution in [0.1, 0.15) is 52.1 Å². The number of para-hydroxylation sites is 1. The van der Waals surface area contributed by atoms with E-state index in [0.717, 1.165) is 34.0 Å². The number of aromatic nitrogens is 1. The SMILES string of the molecule is CC[C@H](NC(=O)COC(=O)c1c(COC)nc2ccccc2c1C)c1ccc(C)cc1. The minimum Gasteiger partial charge on any atom is -0.452 e. The molecule has 1 N–H and O–H groups in total. The molecule has 2 aromatic carbocycles. The second-order valence-corrected chi connectivity index (χ2v) is 7.52. The number of methoxy groups -OCH3 is 1. The molecule has 0 aliphatic carbocycles. The maximum atomic E-state index is 12.9. The van der Waals surface area contributed by atoms with Crippen molar-refractivity contribution in [2.45, 2.75) is 39.8 Å². The van der Waals surface area contributed by atoms with Gasteiger partial charge in [0, 0.05) is 12.5 Å². The molecular weight excluding hydrogens is 392 g/mol. The van der Waals surface area contributed by atoms with Crippen LogP contribution in [-0.2, 0) is 20.9 Å². The zero-order valence-corrected chi connectivity index (χ0v) is 18.4. The van der Waals surface area contributed by atoms with Crippen LogP contribution < -0.4 is 5.32 Å². The minimum atomic E-state index is -0.582. The van der Waals surface area contributed by atoms with Crippen molar-refractivity contribution in [3.63, 3.8) is 0 Å². The number of ether oxygens (including phenoxy) is 2. The van der Waals surface area contributed by atoms with E-state index in [1.807, 2.05) is 69.3 Å². The second-order valence-electron chi connectivity index (χ2n) is 7.52. The van der Waals surface area contributed by atoms with Crippen molar-refractivity contribution >= 4 is 22.8 Å². The lowest BCUT2D eigenvalue weighted by Gasteiger charge is -2.18. The van der Waals surface area contributed by atoms with Gasteiger partial charge in [0.2, 0.25) is 0 Å². The Hall–Kier alpha value is -3.25.